The predicted molar refractivity (Wildman–Crippen MR) is 112 cm³/mol. The Morgan fingerprint density at radius 1 is 1.28 bits per heavy atom. The van der Waals surface area contributed by atoms with Gasteiger partial charge in [-0.2, -0.15) is 0 Å². The monoisotopic (exact) mass is 419 g/mol. The molecule has 4 N–H and O–H groups in total. The fourth-order valence-electron chi connectivity index (χ4n) is 3.41. The van der Waals surface area contributed by atoms with E-state index in [9.17, 15) is 8.42 Å². The molecule has 0 unspecified atom stereocenters. The van der Waals surface area contributed by atoms with Crippen LogP contribution < -0.4 is 15.8 Å². The summed E-state index contributed by atoms with van der Waals surface area (Å²) in [6.07, 6.45) is 7.36. The molecule has 1 fully saturated rings. The van der Waals surface area contributed by atoms with Crippen LogP contribution in [0.1, 0.15) is 44.0 Å². The molecule has 3 rings (SSSR count). The number of aliphatic imine (C=N–C) groups is 1. The maximum absolute atomic E-state index is 11.4. The number of nitrogens with one attached hydrogen (secondary N) is 2. The zero-order chi connectivity index (χ0) is 20.7. The van der Waals surface area contributed by atoms with Gasteiger partial charge in [0.05, 0.1) is 11.4 Å². The quantitative estimate of drug-likeness (QED) is 0.435. The normalized spacial score (nSPS) is 15.6. The first-order valence-corrected chi connectivity index (χ1v) is 11.5. The van der Waals surface area contributed by atoms with Gasteiger partial charge in [-0.3, -0.25) is 0 Å². The third kappa shape index (κ3) is 6.26. The molecule has 0 spiro atoms. The Morgan fingerprint density at radius 3 is 2.66 bits per heavy atom. The van der Waals surface area contributed by atoms with Gasteiger partial charge >= 0.3 is 0 Å². The number of hydrogen-bond acceptors (Lipinski definition) is 5. The molecular formula is C19H29N7O2S. The first-order chi connectivity index (χ1) is 14.0. The topological polar surface area (TPSA) is 127 Å². The lowest BCUT2D eigenvalue weighted by Crippen LogP contribution is -2.43. The van der Waals surface area contributed by atoms with Crippen molar-refractivity contribution in [2.75, 3.05) is 6.54 Å². The molecule has 29 heavy (non-hydrogen) atoms. The first-order valence-electron chi connectivity index (χ1n) is 9.99. The van der Waals surface area contributed by atoms with Crippen LogP contribution in [0.5, 0.6) is 0 Å². The molecule has 1 saturated carbocycles. The lowest BCUT2D eigenvalue weighted by molar-refractivity contribution is 0.592. The van der Waals surface area contributed by atoms with E-state index in [4.69, 9.17) is 5.14 Å². The van der Waals surface area contributed by atoms with Crippen LogP contribution in [0.2, 0.25) is 0 Å². The summed E-state index contributed by atoms with van der Waals surface area (Å²) < 4.78 is 24.8. The molecule has 1 heterocycles. The average Bonchev–Trinajstić information content (AvgIpc) is 3.37. The Balaban J connectivity index is 1.62. The van der Waals surface area contributed by atoms with Gasteiger partial charge in [0.15, 0.2) is 5.96 Å². The van der Waals surface area contributed by atoms with E-state index in [-0.39, 0.29) is 4.90 Å². The summed E-state index contributed by atoms with van der Waals surface area (Å²) in [5.74, 6) is 1.72. The molecule has 1 aliphatic carbocycles. The number of rotatable bonds is 8. The number of hydrogen-bond donors (Lipinski definition) is 3. The molecule has 0 saturated heterocycles. The molecule has 0 aliphatic heterocycles. The van der Waals surface area contributed by atoms with E-state index < -0.39 is 10.0 Å². The van der Waals surface area contributed by atoms with Gasteiger partial charge in [-0.05, 0) is 30.5 Å². The van der Waals surface area contributed by atoms with Crippen molar-refractivity contribution in [2.24, 2.45) is 10.1 Å². The van der Waals surface area contributed by atoms with Gasteiger partial charge in [0, 0.05) is 25.6 Å². The third-order valence-electron chi connectivity index (χ3n) is 5.02. The second kappa shape index (κ2) is 9.84. The van der Waals surface area contributed by atoms with Crippen LogP contribution in [0.3, 0.4) is 0 Å². The highest BCUT2D eigenvalue weighted by Crippen LogP contribution is 2.17. The Labute approximate surface area is 171 Å². The first kappa shape index (κ1) is 21.3. The van der Waals surface area contributed by atoms with Crippen LogP contribution in [0, 0.1) is 0 Å². The third-order valence-corrected chi connectivity index (χ3v) is 5.95. The summed E-state index contributed by atoms with van der Waals surface area (Å²) in [6.45, 7) is 3.96. The molecule has 1 aromatic heterocycles. The number of aryl methyl sites for hydroxylation is 1. The largest absolute Gasteiger partial charge is 0.355 e. The number of guanidine groups is 1. The molecule has 0 radical (unpaired) electrons. The van der Waals surface area contributed by atoms with Crippen LogP contribution in [0.25, 0.3) is 0 Å². The highest BCUT2D eigenvalue weighted by Gasteiger charge is 2.16. The van der Waals surface area contributed by atoms with Crippen LogP contribution in [0.4, 0.5) is 0 Å². The number of benzene rings is 1. The summed E-state index contributed by atoms with van der Waals surface area (Å²) in [7, 11) is -3.68. The van der Waals surface area contributed by atoms with Gasteiger partial charge in [0.2, 0.25) is 10.0 Å². The van der Waals surface area contributed by atoms with Crippen LogP contribution in [-0.4, -0.2) is 41.7 Å². The molecule has 2 aromatic rings. The SMILES string of the molecule is CCc1nncn1CCNC(=NCc1ccc(S(N)(=O)=O)cc1)NC1CCCC1. The van der Waals surface area contributed by atoms with E-state index in [2.05, 4.69) is 32.7 Å². The molecule has 0 amide bonds. The average molecular weight is 420 g/mol. The van der Waals surface area contributed by atoms with Crippen molar-refractivity contribution >= 4 is 16.0 Å². The van der Waals surface area contributed by atoms with Gasteiger partial charge in [0.1, 0.15) is 12.2 Å². The predicted octanol–water partition coefficient (Wildman–Crippen LogP) is 1.17. The standard InChI is InChI=1S/C19H29N7O2S/c1-2-18-25-23-14-26(18)12-11-21-19(24-16-5-3-4-6-16)22-13-15-7-9-17(10-8-15)29(20,27)28/h7-10,14,16H,2-6,11-13H2,1H3,(H2,20,27,28)(H2,21,22,24). The molecule has 1 aliphatic rings. The molecule has 0 bridgehead atoms. The lowest BCUT2D eigenvalue weighted by atomic mass is 10.2. The van der Waals surface area contributed by atoms with E-state index in [1.54, 1.807) is 18.5 Å². The highest BCUT2D eigenvalue weighted by molar-refractivity contribution is 7.89. The van der Waals surface area contributed by atoms with E-state index in [1.807, 2.05) is 4.57 Å². The van der Waals surface area contributed by atoms with Gasteiger partial charge in [-0.15, -0.1) is 10.2 Å². The van der Waals surface area contributed by atoms with Crippen molar-refractivity contribution in [2.45, 2.75) is 63.1 Å². The number of aromatic nitrogens is 3. The van der Waals surface area contributed by atoms with Crippen molar-refractivity contribution in [3.63, 3.8) is 0 Å². The van der Waals surface area contributed by atoms with Crippen LogP contribution in [-0.2, 0) is 29.5 Å². The zero-order valence-electron chi connectivity index (χ0n) is 16.7. The number of primary sulfonamides is 1. The zero-order valence-corrected chi connectivity index (χ0v) is 17.5. The number of sulfonamides is 1. The molecule has 1 aromatic carbocycles. The molecular weight excluding hydrogens is 390 g/mol. The van der Waals surface area contributed by atoms with Gasteiger partial charge in [-0.1, -0.05) is 31.9 Å². The van der Waals surface area contributed by atoms with Crippen molar-refractivity contribution in [3.8, 4) is 0 Å². The van der Waals surface area contributed by atoms with E-state index in [0.717, 1.165) is 43.2 Å². The molecule has 10 heteroatoms. The Morgan fingerprint density at radius 2 is 2.00 bits per heavy atom. The van der Waals surface area contributed by atoms with E-state index >= 15 is 0 Å². The maximum Gasteiger partial charge on any atom is 0.238 e. The maximum atomic E-state index is 11.4. The highest BCUT2D eigenvalue weighted by atomic mass is 32.2. The van der Waals surface area contributed by atoms with Crippen LogP contribution >= 0.6 is 0 Å². The molecule has 0 atom stereocenters. The Kier molecular flexibility index (Phi) is 7.21. The van der Waals surface area contributed by atoms with Crippen molar-refractivity contribution < 1.29 is 8.42 Å². The second-order valence-corrected chi connectivity index (χ2v) is 8.76. The van der Waals surface area contributed by atoms with Gasteiger partial charge in [0.25, 0.3) is 0 Å². The summed E-state index contributed by atoms with van der Waals surface area (Å²) >= 11 is 0. The van der Waals surface area contributed by atoms with Crippen LogP contribution in [0.15, 0.2) is 40.5 Å². The summed E-state index contributed by atoms with van der Waals surface area (Å²) in [4.78, 5) is 4.79. The second-order valence-electron chi connectivity index (χ2n) is 7.20. The fraction of sp³-hybridized carbons (Fsp3) is 0.526. The van der Waals surface area contributed by atoms with E-state index in [0.29, 0.717) is 19.1 Å². The number of nitrogens with zero attached hydrogens (tertiary/aromatic N) is 4. The smallest absolute Gasteiger partial charge is 0.238 e. The Bertz CT molecular complexity index is 916. The number of nitrogens with two attached hydrogens (primary N) is 1. The van der Waals surface area contributed by atoms with Gasteiger partial charge in [-0.25, -0.2) is 18.5 Å². The molecule has 158 valence electrons. The minimum atomic E-state index is -3.68. The Hall–Kier alpha value is -2.46. The summed E-state index contributed by atoms with van der Waals surface area (Å²) in [5.41, 5.74) is 0.914. The summed E-state index contributed by atoms with van der Waals surface area (Å²) in [5, 5.41) is 20.1. The summed E-state index contributed by atoms with van der Waals surface area (Å²) in [6, 6.07) is 6.93. The molecule has 9 nitrogen and oxygen atoms in total. The van der Waals surface area contributed by atoms with E-state index in [1.165, 1.54) is 25.0 Å². The van der Waals surface area contributed by atoms with Crippen molar-refractivity contribution in [1.29, 1.82) is 0 Å². The van der Waals surface area contributed by atoms with Crippen molar-refractivity contribution in [1.82, 2.24) is 25.4 Å². The van der Waals surface area contributed by atoms with Crippen molar-refractivity contribution in [3.05, 3.63) is 42.0 Å². The van der Waals surface area contributed by atoms with Gasteiger partial charge < -0.3 is 15.2 Å². The minimum Gasteiger partial charge on any atom is -0.355 e. The lowest BCUT2D eigenvalue weighted by Gasteiger charge is -2.18. The fourth-order valence-corrected chi connectivity index (χ4v) is 3.92. The minimum absolute atomic E-state index is 0.105.